The highest BCUT2D eigenvalue weighted by Crippen LogP contribution is 2.24. The lowest BCUT2D eigenvalue weighted by atomic mass is 10.2. The molecule has 0 aromatic heterocycles. The summed E-state index contributed by atoms with van der Waals surface area (Å²) in [6.45, 7) is 0.443. The van der Waals surface area contributed by atoms with Crippen LogP contribution in [-0.2, 0) is 14.8 Å². The topological polar surface area (TPSA) is 90.0 Å². The van der Waals surface area contributed by atoms with E-state index in [9.17, 15) is 18.0 Å². The summed E-state index contributed by atoms with van der Waals surface area (Å²) >= 11 is 0. The molecule has 0 radical (unpaired) electrons. The minimum Gasteiger partial charge on any atom is -0.465 e. The van der Waals surface area contributed by atoms with Gasteiger partial charge in [-0.05, 0) is 55.0 Å². The normalized spacial score (nSPS) is 15.5. The van der Waals surface area contributed by atoms with Crippen molar-refractivity contribution in [1.82, 2.24) is 0 Å². The molecule has 1 saturated heterocycles. The van der Waals surface area contributed by atoms with E-state index >= 15 is 0 Å². The monoisotopic (exact) mass is 375 g/mol. The van der Waals surface area contributed by atoms with E-state index < -0.39 is 22.0 Å². The Hall–Kier alpha value is -2.87. The highest BCUT2D eigenvalue weighted by molar-refractivity contribution is 7.93. The van der Waals surface area contributed by atoms with E-state index in [0.29, 0.717) is 29.8 Å². The molecular formula is C18H17NO6S. The Balaban J connectivity index is 1.69. The standard InChI is InChI=1S/C18H17NO6S/c1-24-17(20)13-5-9-16(10-6-13)25-18(21)14-3-7-15(8-4-14)19-11-2-12-26(19,22)23/h3-10H,2,11-12H2,1H3. The molecule has 0 saturated carbocycles. The lowest BCUT2D eigenvalue weighted by Crippen LogP contribution is -2.25. The number of esters is 2. The van der Waals surface area contributed by atoms with Crippen molar-refractivity contribution < 1.29 is 27.5 Å². The number of methoxy groups -OCH3 is 1. The van der Waals surface area contributed by atoms with Crippen LogP contribution < -0.4 is 9.04 Å². The van der Waals surface area contributed by atoms with Crippen molar-refractivity contribution in [3.63, 3.8) is 0 Å². The van der Waals surface area contributed by atoms with Crippen LogP contribution in [0.1, 0.15) is 27.1 Å². The van der Waals surface area contributed by atoms with Gasteiger partial charge in [0.1, 0.15) is 5.75 Å². The molecule has 0 N–H and O–H groups in total. The third kappa shape index (κ3) is 3.70. The zero-order chi connectivity index (χ0) is 18.7. The van der Waals surface area contributed by atoms with E-state index in [2.05, 4.69) is 4.74 Å². The minimum absolute atomic E-state index is 0.137. The van der Waals surface area contributed by atoms with Crippen LogP contribution in [0.25, 0.3) is 0 Å². The summed E-state index contributed by atoms with van der Waals surface area (Å²) in [7, 11) is -1.97. The van der Waals surface area contributed by atoms with Gasteiger partial charge in [-0.2, -0.15) is 0 Å². The van der Waals surface area contributed by atoms with Gasteiger partial charge in [0.15, 0.2) is 0 Å². The van der Waals surface area contributed by atoms with Crippen LogP contribution >= 0.6 is 0 Å². The molecule has 1 heterocycles. The Kier molecular flexibility index (Phi) is 4.94. The van der Waals surface area contributed by atoms with E-state index in [1.807, 2.05) is 0 Å². The van der Waals surface area contributed by atoms with Crippen LogP contribution in [0.4, 0.5) is 5.69 Å². The number of carbonyl (C=O) groups is 2. The summed E-state index contributed by atoms with van der Waals surface area (Å²) in [5.41, 5.74) is 1.17. The van der Waals surface area contributed by atoms with Gasteiger partial charge >= 0.3 is 11.9 Å². The second-order valence-electron chi connectivity index (χ2n) is 5.69. The van der Waals surface area contributed by atoms with Crippen LogP contribution in [0.3, 0.4) is 0 Å². The second kappa shape index (κ2) is 7.17. The number of carbonyl (C=O) groups excluding carboxylic acids is 2. The first-order chi connectivity index (χ1) is 12.4. The quantitative estimate of drug-likeness (QED) is 0.601. The molecule has 7 nitrogen and oxygen atoms in total. The van der Waals surface area contributed by atoms with Gasteiger partial charge in [-0.15, -0.1) is 0 Å². The summed E-state index contributed by atoms with van der Waals surface area (Å²) in [6, 6.07) is 12.2. The Bertz CT molecular complexity index is 919. The van der Waals surface area contributed by atoms with Gasteiger partial charge < -0.3 is 9.47 Å². The molecular weight excluding hydrogens is 358 g/mol. The molecule has 1 aliphatic rings. The number of anilines is 1. The van der Waals surface area contributed by atoms with Crippen molar-refractivity contribution in [1.29, 1.82) is 0 Å². The summed E-state index contributed by atoms with van der Waals surface area (Å²) < 4.78 is 35.0. The van der Waals surface area contributed by atoms with Gasteiger partial charge in [0.2, 0.25) is 10.0 Å². The van der Waals surface area contributed by atoms with Gasteiger partial charge in [-0.1, -0.05) is 0 Å². The summed E-state index contributed by atoms with van der Waals surface area (Å²) in [6.07, 6.45) is 0.591. The number of nitrogens with zero attached hydrogens (tertiary/aromatic N) is 1. The molecule has 0 unspecified atom stereocenters. The summed E-state index contributed by atoms with van der Waals surface area (Å²) in [5.74, 6) is -0.630. The smallest absolute Gasteiger partial charge is 0.343 e. The number of rotatable bonds is 4. The number of sulfonamides is 1. The molecule has 136 valence electrons. The Morgan fingerprint density at radius 3 is 2.04 bits per heavy atom. The first kappa shape index (κ1) is 17.9. The zero-order valence-corrected chi connectivity index (χ0v) is 14.9. The molecule has 3 rings (SSSR count). The highest BCUT2D eigenvalue weighted by Gasteiger charge is 2.28. The predicted molar refractivity (Wildman–Crippen MR) is 94.9 cm³/mol. The van der Waals surface area contributed by atoms with E-state index in [1.54, 1.807) is 12.1 Å². The average molecular weight is 375 g/mol. The Labute approximate surface area is 151 Å². The van der Waals surface area contributed by atoms with Gasteiger partial charge in [0.25, 0.3) is 0 Å². The second-order valence-corrected chi connectivity index (χ2v) is 7.71. The lowest BCUT2D eigenvalue weighted by molar-refractivity contribution is 0.0600. The van der Waals surface area contributed by atoms with Crippen molar-refractivity contribution >= 4 is 27.6 Å². The molecule has 0 bridgehead atoms. The average Bonchev–Trinajstić information content (AvgIpc) is 3.01. The maximum Gasteiger partial charge on any atom is 0.343 e. The number of ether oxygens (including phenoxy) is 2. The molecule has 26 heavy (non-hydrogen) atoms. The van der Waals surface area contributed by atoms with Crippen molar-refractivity contribution in [3.05, 3.63) is 59.7 Å². The molecule has 1 fully saturated rings. The molecule has 2 aromatic carbocycles. The highest BCUT2D eigenvalue weighted by atomic mass is 32.2. The van der Waals surface area contributed by atoms with E-state index in [0.717, 1.165) is 0 Å². The fourth-order valence-corrected chi connectivity index (χ4v) is 4.20. The van der Waals surface area contributed by atoms with E-state index in [4.69, 9.17) is 4.74 Å². The van der Waals surface area contributed by atoms with Crippen LogP contribution in [0.2, 0.25) is 0 Å². The SMILES string of the molecule is COC(=O)c1ccc(OC(=O)c2ccc(N3CCCS3(=O)=O)cc2)cc1. The van der Waals surface area contributed by atoms with Gasteiger partial charge in [0, 0.05) is 6.54 Å². The first-order valence-electron chi connectivity index (χ1n) is 7.92. The maximum absolute atomic E-state index is 12.2. The molecule has 0 spiro atoms. The molecule has 8 heteroatoms. The largest absolute Gasteiger partial charge is 0.465 e. The van der Waals surface area contributed by atoms with E-state index in [1.165, 1.54) is 47.8 Å². The van der Waals surface area contributed by atoms with Gasteiger partial charge in [-0.25, -0.2) is 18.0 Å². The zero-order valence-electron chi connectivity index (χ0n) is 14.0. The van der Waals surface area contributed by atoms with Gasteiger partial charge in [-0.3, -0.25) is 4.31 Å². The third-order valence-corrected chi connectivity index (χ3v) is 5.85. The first-order valence-corrected chi connectivity index (χ1v) is 9.53. The van der Waals surface area contributed by atoms with Crippen molar-refractivity contribution in [2.75, 3.05) is 23.7 Å². The maximum atomic E-state index is 12.2. The Morgan fingerprint density at radius 1 is 0.923 bits per heavy atom. The van der Waals surface area contributed by atoms with Crippen LogP contribution in [0, 0.1) is 0 Å². The Morgan fingerprint density at radius 2 is 1.50 bits per heavy atom. The van der Waals surface area contributed by atoms with Gasteiger partial charge in [0.05, 0.1) is 29.7 Å². The predicted octanol–water partition coefficient (Wildman–Crippen LogP) is 2.23. The van der Waals surface area contributed by atoms with Crippen molar-refractivity contribution in [2.45, 2.75) is 6.42 Å². The van der Waals surface area contributed by atoms with Crippen molar-refractivity contribution in [2.24, 2.45) is 0 Å². The summed E-state index contributed by atoms with van der Waals surface area (Å²) in [4.78, 5) is 23.6. The molecule has 0 atom stereocenters. The fraction of sp³-hybridized carbons (Fsp3) is 0.222. The van der Waals surface area contributed by atoms with Crippen LogP contribution in [-0.4, -0.2) is 39.8 Å². The fourth-order valence-electron chi connectivity index (χ4n) is 2.64. The molecule has 0 aliphatic carbocycles. The summed E-state index contributed by atoms with van der Waals surface area (Å²) in [5, 5.41) is 0. The van der Waals surface area contributed by atoms with Crippen molar-refractivity contribution in [3.8, 4) is 5.75 Å². The lowest BCUT2D eigenvalue weighted by Gasteiger charge is -2.16. The third-order valence-electron chi connectivity index (χ3n) is 3.98. The van der Waals surface area contributed by atoms with Crippen LogP contribution in [0.15, 0.2) is 48.5 Å². The van der Waals surface area contributed by atoms with Crippen LogP contribution in [0.5, 0.6) is 5.75 Å². The number of hydrogen-bond acceptors (Lipinski definition) is 6. The molecule has 0 amide bonds. The minimum atomic E-state index is -3.26. The molecule has 1 aliphatic heterocycles. The molecule has 2 aromatic rings. The number of benzene rings is 2. The van der Waals surface area contributed by atoms with E-state index in [-0.39, 0.29) is 11.5 Å². The number of hydrogen-bond donors (Lipinski definition) is 0.